The summed E-state index contributed by atoms with van der Waals surface area (Å²) in [5, 5.41) is 7.77. The van der Waals surface area contributed by atoms with Gasteiger partial charge in [0.05, 0.1) is 19.3 Å². The molecule has 0 saturated carbocycles. The van der Waals surface area contributed by atoms with Crippen LogP contribution in [0.25, 0.3) is 5.65 Å². The molecule has 2 unspecified atom stereocenters. The van der Waals surface area contributed by atoms with Gasteiger partial charge in [-0.05, 0) is 13.0 Å². The van der Waals surface area contributed by atoms with Crippen molar-refractivity contribution < 1.29 is 4.74 Å². The van der Waals surface area contributed by atoms with Crippen molar-refractivity contribution in [2.75, 3.05) is 19.8 Å². The maximum absolute atomic E-state index is 12.3. The molecule has 3 heterocycles. The standard InChI is InChI=1S/C13H19N5O2/c1-2-15-11(10-3-6-20-9-10)8-18-13(19)17-5-4-14-7-12(17)16-18/h4-5,7,10-11,15H,2-3,6,8-9H2,1H3. The first-order chi connectivity index (χ1) is 9.79. The Kier molecular flexibility index (Phi) is 3.79. The molecular weight excluding hydrogens is 258 g/mol. The predicted octanol–water partition coefficient (Wildman–Crippen LogP) is -0.0944. The van der Waals surface area contributed by atoms with Gasteiger partial charge in [0.2, 0.25) is 0 Å². The Balaban J connectivity index is 1.86. The molecule has 0 radical (unpaired) electrons. The van der Waals surface area contributed by atoms with Crippen LogP contribution in [0, 0.1) is 5.92 Å². The van der Waals surface area contributed by atoms with Gasteiger partial charge < -0.3 is 10.1 Å². The van der Waals surface area contributed by atoms with E-state index in [0.717, 1.165) is 26.2 Å². The molecule has 0 amide bonds. The molecule has 1 saturated heterocycles. The molecule has 0 bridgehead atoms. The topological polar surface area (TPSA) is 73.5 Å². The molecule has 2 aromatic rings. The zero-order valence-electron chi connectivity index (χ0n) is 11.5. The lowest BCUT2D eigenvalue weighted by molar-refractivity contribution is 0.173. The van der Waals surface area contributed by atoms with Crippen molar-refractivity contribution in [2.45, 2.75) is 25.9 Å². The first-order valence-corrected chi connectivity index (χ1v) is 7.00. The molecule has 7 heteroatoms. The minimum atomic E-state index is -0.121. The third-order valence-electron chi connectivity index (χ3n) is 3.76. The van der Waals surface area contributed by atoms with E-state index in [1.807, 2.05) is 0 Å². The number of fused-ring (bicyclic) bond motifs is 1. The van der Waals surface area contributed by atoms with Crippen molar-refractivity contribution >= 4 is 5.65 Å². The molecule has 1 aliphatic rings. The van der Waals surface area contributed by atoms with Crippen molar-refractivity contribution in [2.24, 2.45) is 5.92 Å². The Morgan fingerprint density at radius 2 is 2.50 bits per heavy atom. The Labute approximate surface area is 116 Å². The van der Waals surface area contributed by atoms with Crippen molar-refractivity contribution in [3.8, 4) is 0 Å². The van der Waals surface area contributed by atoms with Gasteiger partial charge in [0.25, 0.3) is 0 Å². The van der Waals surface area contributed by atoms with Gasteiger partial charge in [0.1, 0.15) is 0 Å². The van der Waals surface area contributed by atoms with Gasteiger partial charge in [-0.25, -0.2) is 13.9 Å². The molecule has 1 N–H and O–H groups in total. The smallest absolute Gasteiger partial charge is 0.350 e. The summed E-state index contributed by atoms with van der Waals surface area (Å²) >= 11 is 0. The van der Waals surface area contributed by atoms with Crippen molar-refractivity contribution in [1.29, 1.82) is 0 Å². The lowest BCUT2D eigenvalue weighted by Crippen LogP contribution is -2.42. The normalized spacial score (nSPS) is 20.6. The predicted molar refractivity (Wildman–Crippen MR) is 73.6 cm³/mol. The van der Waals surface area contributed by atoms with E-state index < -0.39 is 0 Å². The number of hydrogen-bond acceptors (Lipinski definition) is 5. The zero-order valence-corrected chi connectivity index (χ0v) is 11.5. The van der Waals surface area contributed by atoms with E-state index in [-0.39, 0.29) is 11.7 Å². The maximum Gasteiger partial charge on any atom is 0.350 e. The molecule has 1 aliphatic heterocycles. The number of ether oxygens (including phenoxy) is 1. The van der Waals surface area contributed by atoms with Crippen LogP contribution in [0.3, 0.4) is 0 Å². The number of hydrogen-bond donors (Lipinski definition) is 1. The molecule has 0 aliphatic carbocycles. The highest BCUT2D eigenvalue weighted by molar-refractivity contribution is 5.31. The van der Waals surface area contributed by atoms with E-state index in [1.165, 1.54) is 9.08 Å². The fraction of sp³-hybridized carbons (Fsp3) is 0.615. The molecule has 20 heavy (non-hydrogen) atoms. The van der Waals surface area contributed by atoms with Gasteiger partial charge >= 0.3 is 5.69 Å². The second-order valence-electron chi connectivity index (χ2n) is 5.06. The van der Waals surface area contributed by atoms with Gasteiger partial charge in [-0.2, -0.15) is 0 Å². The molecular formula is C13H19N5O2. The van der Waals surface area contributed by atoms with E-state index in [1.54, 1.807) is 18.6 Å². The lowest BCUT2D eigenvalue weighted by atomic mass is 9.99. The first-order valence-electron chi connectivity index (χ1n) is 7.00. The summed E-state index contributed by atoms with van der Waals surface area (Å²) < 4.78 is 8.48. The summed E-state index contributed by atoms with van der Waals surface area (Å²) in [6.45, 7) is 5.05. The molecule has 108 valence electrons. The number of nitrogens with zero attached hydrogens (tertiary/aromatic N) is 4. The summed E-state index contributed by atoms with van der Waals surface area (Å²) in [5.41, 5.74) is 0.458. The Morgan fingerprint density at radius 3 is 3.20 bits per heavy atom. The minimum Gasteiger partial charge on any atom is -0.381 e. The molecule has 0 spiro atoms. The highest BCUT2D eigenvalue weighted by Gasteiger charge is 2.26. The van der Waals surface area contributed by atoms with Crippen molar-refractivity contribution in [1.82, 2.24) is 24.5 Å². The summed E-state index contributed by atoms with van der Waals surface area (Å²) in [4.78, 5) is 16.2. The van der Waals surface area contributed by atoms with Crippen LogP contribution in [0.4, 0.5) is 0 Å². The summed E-state index contributed by atoms with van der Waals surface area (Å²) in [7, 11) is 0. The highest BCUT2D eigenvalue weighted by Crippen LogP contribution is 2.17. The van der Waals surface area contributed by atoms with Crippen LogP contribution < -0.4 is 11.0 Å². The molecule has 7 nitrogen and oxygen atoms in total. The largest absolute Gasteiger partial charge is 0.381 e. The molecule has 1 fully saturated rings. The Morgan fingerprint density at radius 1 is 1.60 bits per heavy atom. The molecule has 2 aromatic heterocycles. The maximum atomic E-state index is 12.3. The van der Waals surface area contributed by atoms with Crippen LogP contribution >= 0.6 is 0 Å². The van der Waals surface area contributed by atoms with Crippen LogP contribution in [0.2, 0.25) is 0 Å². The lowest BCUT2D eigenvalue weighted by Gasteiger charge is -2.22. The highest BCUT2D eigenvalue weighted by atomic mass is 16.5. The number of likely N-dealkylation sites (N-methyl/N-ethyl adjacent to an activating group) is 1. The quantitative estimate of drug-likeness (QED) is 0.826. The van der Waals surface area contributed by atoms with Gasteiger partial charge in [0, 0.05) is 31.0 Å². The van der Waals surface area contributed by atoms with Gasteiger partial charge in [-0.15, -0.1) is 5.10 Å². The number of aromatic nitrogens is 4. The van der Waals surface area contributed by atoms with Crippen LogP contribution in [0.1, 0.15) is 13.3 Å². The zero-order chi connectivity index (χ0) is 13.9. The molecule has 2 atom stereocenters. The summed E-state index contributed by atoms with van der Waals surface area (Å²) in [6.07, 6.45) is 5.86. The third-order valence-corrected chi connectivity index (χ3v) is 3.76. The SMILES string of the molecule is CCNC(Cn1nc2cnccn2c1=O)C1CCOC1. The van der Waals surface area contributed by atoms with Crippen LogP contribution in [-0.4, -0.2) is 45.0 Å². The van der Waals surface area contributed by atoms with Gasteiger partial charge in [-0.1, -0.05) is 6.92 Å². The van der Waals surface area contributed by atoms with E-state index in [4.69, 9.17) is 4.74 Å². The third kappa shape index (κ3) is 2.46. The van der Waals surface area contributed by atoms with Crippen molar-refractivity contribution in [3.63, 3.8) is 0 Å². The molecule has 3 rings (SSSR count). The van der Waals surface area contributed by atoms with E-state index in [2.05, 4.69) is 22.3 Å². The summed E-state index contributed by atoms with van der Waals surface area (Å²) in [5.74, 6) is 0.435. The van der Waals surface area contributed by atoms with E-state index >= 15 is 0 Å². The fourth-order valence-corrected chi connectivity index (χ4v) is 2.70. The van der Waals surface area contributed by atoms with Gasteiger partial charge in [-0.3, -0.25) is 4.98 Å². The fourth-order valence-electron chi connectivity index (χ4n) is 2.70. The summed E-state index contributed by atoms with van der Waals surface area (Å²) in [6, 6.07) is 0.207. The van der Waals surface area contributed by atoms with E-state index in [9.17, 15) is 4.79 Å². The Bertz CT molecular complexity index is 629. The second-order valence-corrected chi connectivity index (χ2v) is 5.06. The van der Waals surface area contributed by atoms with Crippen LogP contribution in [-0.2, 0) is 11.3 Å². The van der Waals surface area contributed by atoms with Crippen LogP contribution in [0.15, 0.2) is 23.4 Å². The Hall–Kier alpha value is -1.73. The van der Waals surface area contributed by atoms with Crippen molar-refractivity contribution in [3.05, 3.63) is 29.1 Å². The monoisotopic (exact) mass is 277 g/mol. The molecule has 0 aromatic carbocycles. The number of nitrogens with one attached hydrogen (secondary N) is 1. The van der Waals surface area contributed by atoms with Gasteiger partial charge in [0.15, 0.2) is 5.65 Å². The second kappa shape index (κ2) is 5.72. The average molecular weight is 277 g/mol. The average Bonchev–Trinajstić information content (AvgIpc) is 3.08. The first kappa shape index (κ1) is 13.3. The minimum absolute atomic E-state index is 0.121. The number of rotatable bonds is 5. The van der Waals surface area contributed by atoms with Crippen LogP contribution in [0.5, 0.6) is 0 Å². The van der Waals surface area contributed by atoms with E-state index in [0.29, 0.717) is 18.1 Å².